The highest BCUT2D eigenvalue weighted by Gasteiger charge is 2.20. The van der Waals surface area contributed by atoms with Crippen molar-refractivity contribution in [1.29, 1.82) is 0 Å². The molecule has 0 unspecified atom stereocenters. The van der Waals surface area contributed by atoms with Crippen LogP contribution >= 0.6 is 0 Å². The topological polar surface area (TPSA) is 80.6 Å². The molecule has 7 heteroatoms. The maximum Gasteiger partial charge on any atom is 0.231 e. The molecule has 3 aromatic heterocycles. The summed E-state index contributed by atoms with van der Waals surface area (Å²) in [5.74, 6) is 1.38. The van der Waals surface area contributed by atoms with E-state index < -0.39 is 0 Å². The number of rotatable bonds is 6. The molecule has 0 atom stereocenters. The number of imidazole rings is 1. The summed E-state index contributed by atoms with van der Waals surface area (Å²) in [5, 5.41) is 7.91. The third-order valence-electron chi connectivity index (χ3n) is 5.79. The van der Waals surface area contributed by atoms with Crippen LogP contribution in [0.2, 0.25) is 0 Å². The molecule has 1 fully saturated rings. The summed E-state index contributed by atoms with van der Waals surface area (Å²) in [4.78, 5) is 18.7. The van der Waals surface area contributed by atoms with E-state index in [0.717, 1.165) is 46.5 Å². The third kappa shape index (κ3) is 3.67. The SMILES string of the molecule is CCCNc1nc(Nc2ccc3ncccc3c2)nc2c1ncn2C1CCCCC1. The maximum absolute atomic E-state index is 4.88. The zero-order chi connectivity index (χ0) is 20.3. The van der Waals surface area contributed by atoms with Crippen molar-refractivity contribution in [3.8, 4) is 0 Å². The Morgan fingerprint density at radius 1 is 1.07 bits per heavy atom. The van der Waals surface area contributed by atoms with Crippen LogP contribution in [-0.4, -0.2) is 31.0 Å². The molecule has 1 aliphatic rings. The summed E-state index contributed by atoms with van der Waals surface area (Å²) in [7, 11) is 0. The van der Waals surface area contributed by atoms with Gasteiger partial charge in [-0.15, -0.1) is 0 Å². The Kier molecular flexibility index (Phi) is 5.17. The third-order valence-corrected chi connectivity index (χ3v) is 5.79. The number of hydrogen-bond donors (Lipinski definition) is 2. The van der Waals surface area contributed by atoms with Crippen molar-refractivity contribution in [2.45, 2.75) is 51.5 Å². The zero-order valence-electron chi connectivity index (χ0n) is 17.3. The first-order valence-corrected chi connectivity index (χ1v) is 10.9. The monoisotopic (exact) mass is 401 g/mol. The highest BCUT2D eigenvalue weighted by molar-refractivity contribution is 5.86. The molecule has 7 nitrogen and oxygen atoms in total. The molecule has 154 valence electrons. The average Bonchev–Trinajstić information content (AvgIpc) is 3.22. The second-order valence-electron chi connectivity index (χ2n) is 7.97. The van der Waals surface area contributed by atoms with Crippen molar-refractivity contribution in [3.63, 3.8) is 0 Å². The van der Waals surface area contributed by atoms with Gasteiger partial charge < -0.3 is 15.2 Å². The Hall–Kier alpha value is -3.22. The van der Waals surface area contributed by atoms with Crippen molar-refractivity contribution in [2.75, 3.05) is 17.2 Å². The van der Waals surface area contributed by atoms with Crippen molar-refractivity contribution in [3.05, 3.63) is 42.9 Å². The number of hydrogen-bond acceptors (Lipinski definition) is 6. The summed E-state index contributed by atoms with van der Waals surface area (Å²) in [5.41, 5.74) is 3.67. The molecule has 1 saturated carbocycles. The minimum absolute atomic E-state index is 0.470. The molecule has 0 amide bonds. The second-order valence-corrected chi connectivity index (χ2v) is 7.97. The molecule has 30 heavy (non-hydrogen) atoms. The molecular formula is C23H27N7. The van der Waals surface area contributed by atoms with Crippen LogP contribution in [0.3, 0.4) is 0 Å². The Labute approximate surface area is 176 Å². The van der Waals surface area contributed by atoms with E-state index in [1.165, 1.54) is 32.1 Å². The molecule has 5 rings (SSSR count). The second kappa shape index (κ2) is 8.26. The zero-order valence-corrected chi connectivity index (χ0v) is 17.3. The first-order chi connectivity index (χ1) is 14.8. The van der Waals surface area contributed by atoms with E-state index in [9.17, 15) is 0 Å². The smallest absolute Gasteiger partial charge is 0.231 e. The summed E-state index contributed by atoms with van der Waals surface area (Å²) in [6, 6.07) is 10.6. The number of aromatic nitrogens is 5. The van der Waals surface area contributed by atoms with Gasteiger partial charge in [0.25, 0.3) is 0 Å². The molecule has 1 aromatic carbocycles. The van der Waals surface area contributed by atoms with Crippen LogP contribution < -0.4 is 10.6 Å². The predicted octanol–water partition coefficient (Wildman–Crippen LogP) is 5.45. The fourth-order valence-corrected chi connectivity index (χ4v) is 4.25. The van der Waals surface area contributed by atoms with Crippen molar-refractivity contribution in [1.82, 2.24) is 24.5 Å². The fraction of sp³-hybridized carbons (Fsp3) is 0.391. The number of pyridine rings is 1. The summed E-state index contributed by atoms with van der Waals surface area (Å²) < 4.78 is 2.25. The molecule has 2 N–H and O–H groups in total. The molecule has 0 radical (unpaired) electrons. The molecule has 3 heterocycles. The van der Waals surface area contributed by atoms with Gasteiger partial charge in [0.15, 0.2) is 17.0 Å². The minimum Gasteiger partial charge on any atom is -0.368 e. The number of benzene rings is 1. The first-order valence-electron chi connectivity index (χ1n) is 10.9. The first kappa shape index (κ1) is 18.8. The van der Waals surface area contributed by atoms with Crippen molar-refractivity contribution >= 4 is 39.5 Å². The molecule has 1 aliphatic carbocycles. The standard InChI is InChI=1S/C23H27N7/c1-2-12-25-21-20-22(30(15-26-20)18-8-4-3-5-9-18)29-23(28-21)27-17-10-11-19-16(14-17)7-6-13-24-19/h6-7,10-11,13-15,18H,2-5,8-9,12H2,1H3,(H2,25,27,28,29). The van der Waals surface area contributed by atoms with E-state index in [0.29, 0.717) is 12.0 Å². The van der Waals surface area contributed by atoms with Gasteiger partial charge in [-0.3, -0.25) is 4.98 Å². The largest absolute Gasteiger partial charge is 0.368 e. The molecule has 4 aromatic rings. The van der Waals surface area contributed by atoms with Gasteiger partial charge in [-0.1, -0.05) is 32.3 Å². The van der Waals surface area contributed by atoms with Crippen molar-refractivity contribution in [2.24, 2.45) is 0 Å². The van der Waals surface area contributed by atoms with Crippen LogP contribution in [0, 0.1) is 0 Å². The summed E-state index contributed by atoms with van der Waals surface area (Å²) in [6.07, 6.45) is 11.0. The van der Waals surface area contributed by atoms with Gasteiger partial charge in [0.1, 0.15) is 0 Å². The van der Waals surface area contributed by atoms with Gasteiger partial charge in [-0.2, -0.15) is 9.97 Å². The van der Waals surface area contributed by atoms with E-state index in [4.69, 9.17) is 9.97 Å². The predicted molar refractivity (Wildman–Crippen MR) is 121 cm³/mol. The van der Waals surface area contributed by atoms with E-state index in [1.807, 2.05) is 30.7 Å². The van der Waals surface area contributed by atoms with E-state index in [2.05, 4.69) is 44.2 Å². The highest BCUT2D eigenvalue weighted by Crippen LogP contribution is 2.32. The quantitative estimate of drug-likeness (QED) is 0.447. The Morgan fingerprint density at radius 2 is 1.97 bits per heavy atom. The maximum atomic E-state index is 4.88. The highest BCUT2D eigenvalue weighted by atomic mass is 15.2. The van der Waals surface area contributed by atoms with Crippen LogP contribution in [-0.2, 0) is 0 Å². The van der Waals surface area contributed by atoms with Gasteiger partial charge >= 0.3 is 0 Å². The lowest BCUT2D eigenvalue weighted by atomic mass is 9.95. The molecule has 0 bridgehead atoms. The van der Waals surface area contributed by atoms with E-state index >= 15 is 0 Å². The number of nitrogens with one attached hydrogen (secondary N) is 2. The Morgan fingerprint density at radius 3 is 2.83 bits per heavy atom. The fourth-order valence-electron chi connectivity index (χ4n) is 4.25. The van der Waals surface area contributed by atoms with Crippen LogP contribution in [0.5, 0.6) is 0 Å². The van der Waals surface area contributed by atoms with Gasteiger partial charge in [-0.25, -0.2) is 4.98 Å². The lowest BCUT2D eigenvalue weighted by Gasteiger charge is -2.23. The summed E-state index contributed by atoms with van der Waals surface area (Å²) >= 11 is 0. The number of nitrogens with zero attached hydrogens (tertiary/aromatic N) is 5. The Bertz CT molecular complexity index is 1160. The lowest BCUT2D eigenvalue weighted by molar-refractivity contribution is 0.358. The van der Waals surface area contributed by atoms with Gasteiger partial charge in [0.05, 0.1) is 11.8 Å². The number of anilines is 3. The van der Waals surface area contributed by atoms with Gasteiger partial charge in [0.2, 0.25) is 5.95 Å². The molecule has 0 aliphatic heterocycles. The van der Waals surface area contributed by atoms with Crippen LogP contribution in [0.15, 0.2) is 42.9 Å². The number of fused-ring (bicyclic) bond motifs is 2. The summed E-state index contributed by atoms with van der Waals surface area (Å²) in [6.45, 7) is 3.00. The van der Waals surface area contributed by atoms with Crippen LogP contribution in [0.25, 0.3) is 22.1 Å². The van der Waals surface area contributed by atoms with Crippen molar-refractivity contribution < 1.29 is 0 Å². The van der Waals surface area contributed by atoms with Crippen LogP contribution in [0.1, 0.15) is 51.5 Å². The van der Waals surface area contributed by atoms with E-state index in [1.54, 1.807) is 0 Å². The molecule has 0 spiro atoms. The average molecular weight is 402 g/mol. The minimum atomic E-state index is 0.470. The molecule has 0 saturated heterocycles. The Balaban J connectivity index is 1.54. The van der Waals surface area contributed by atoms with Crippen LogP contribution in [0.4, 0.5) is 17.5 Å². The normalized spacial score (nSPS) is 15.0. The van der Waals surface area contributed by atoms with Gasteiger partial charge in [-0.05, 0) is 43.5 Å². The van der Waals surface area contributed by atoms with Gasteiger partial charge in [0, 0.05) is 29.9 Å². The lowest BCUT2D eigenvalue weighted by Crippen LogP contribution is -2.13. The molecular weight excluding hydrogens is 374 g/mol. The van der Waals surface area contributed by atoms with E-state index in [-0.39, 0.29) is 0 Å².